The van der Waals surface area contributed by atoms with Crippen LogP contribution in [-0.2, 0) is 0 Å². The molecule has 0 unspecified atom stereocenters. The molecule has 1 aromatic rings. The highest BCUT2D eigenvalue weighted by Crippen LogP contribution is 2.55. The summed E-state index contributed by atoms with van der Waals surface area (Å²) in [7, 11) is 0. The number of nitrogens with zero attached hydrogens (tertiary/aromatic N) is 2. The van der Waals surface area contributed by atoms with E-state index < -0.39 is 0 Å². The van der Waals surface area contributed by atoms with Crippen LogP contribution in [0.2, 0.25) is 0 Å². The van der Waals surface area contributed by atoms with Crippen molar-refractivity contribution in [1.82, 2.24) is 9.80 Å². The smallest absolute Gasteiger partial charge is 0.321 e. The van der Waals surface area contributed by atoms with E-state index in [1.54, 1.807) is 0 Å². The first kappa shape index (κ1) is 18.3. The Morgan fingerprint density at radius 3 is 2.30 bits per heavy atom. The number of benzene rings is 1. The van der Waals surface area contributed by atoms with Crippen molar-refractivity contribution in [3.63, 3.8) is 0 Å². The van der Waals surface area contributed by atoms with E-state index in [-0.39, 0.29) is 11.9 Å². The van der Waals surface area contributed by atoms with Crippen LogP contribution in [0.4, 0.5) is 10.5 Å². The van der Waals surface area contributed by atoms with Gasteiger partial charge in [0.1, 0.15) is 0 Å². The number of nitrogens with one attached hydrogen (secondary N) is 1. The highest BCUT2D eigenvalue weighted by molar-refractivity contribution is 5.96. The van der Waals surface area contributed by atoms with Gasteiger partial charge in [-0.25, -0.2) is 4.79 Å². The Hall–Kier alpha value is -2.04. The number of amides is 3. The van der Waals surface area contributed by atoms with E-state index in [2.05, 4.69) is 5.32 Å². The highest BCUT2D eigenvalue weighted by atomic mass is 16.2. The standard InChI is InChI=1S/C22H31N3O2/c1-4-24(5-2)21(26)17-8-9-20(14(3)10-17)23-22(27)25-12-18-15-6-7-16(11-15)19(18)13-25/h8-10,15-16,18-19H,4-7,11-13H2,1-3H3,(H,23,27)/t15-,16+,18-,19+. The van der Waals surface area contributed by atoms with Crippen LogP contribution >= 0.6 is 0 Å². The lowest BCUT2D eigenvalue weighted by Crippen LogP contribution is -2.34. The second-order valence-corrected chi connectivity index (χ2v) is 8.50. The molecule has 2 aliphatic carbocycles. The maximum Gasteiger partial charge on any atom is 0.321 e. The van der Waals surface area contributed by atoms with E-state index in [1.165, 1.54) is 19.3 Å². The maximum absolute atomic E-state index is 12.8. The van der Waals surface area contributed by atoms with Gasteiger partial charge in [0.15, 0.2) is 0 Å². The summed E-state index contributed by atoms with van der Waals surface area (Å²) in [5, 5.41) is 3.08. The monoisotopic (exact) mass is 369 g/mol. The van der Waals surface area contributed by atoms with Gasteiger partial charge in [0.25, 0.3) is 5.91 Å². The molecule has 4 atom stereocenters. The van der Waals surface area contributed by atoms with Crippen molar-refractivity contribution in [3.05, 3.63) is 29.3 Å². The van der Waals surface area contributed by atoms with Crippen molar-refractivity contribution >= 4 is 17.6 Å². The minimum atomic E-state index is 0.00900. The predicted molar refractivity (Wildman–Crippen MR) is 107 cm³/mol. The molecule has 3 amide bonds. The number of urea groups is 1. The number of aryl methyl sites for hydroxylation is 1. The average Bonchev–Trinajstić information content (AvgIpc) is 3.37. The van der Waals surface area contributed by atoms with Gasteiger partial charge in [-0.2, -0.15) is 0 Å². The van der Waals surface area contributed by atoms with Gasteiger partial charge in [0.2, 0.25) is 0 Å². The summed E-state index contributed by atoms with van der Waals surface area (Å²) < 4.78 is 0. The van der Waals surface area contributed by atoms with Crippen LogP contribution in [0, 0.1) is 30.6 Å². The Bertz CT molecular complexity index is 725. The number of anilines is 1. The number of hydrogen-bond acceptors (Lipinski definition) is 2. The van der Waals surface area contributed by atoms with Crippen molar-refractivity contribution in [1.29, 1.82) is 0 Å². The minimum absolute atomic E-state index is 0.00900. The van der Waals surface area contributed by atoms with Crippen molar-refractivity contribution in [3.8, 4) is 0 Å². The van der Waals surface area contributed by atoms with E-state index in [4.69, 9.17) is 0 Å². The van der Waals surface area contributed by atoms with Crippen molar-refractivity contribution in [2.45, 2.75) is 40.0 Å². The van der Waals surface area contributed by atoms with Crippen LogP contribution in [0.3, 0.4) is 0 Å². The fraction of sp³-hybridized carbons (Fsp3) is 0.636. The van der Waals surface area contributed by atoms with Gasteiger partial charge in [0, 0.05) is 37.4 Å². The minimum Gasteiger partial charge on any atom is -0.339 e. The Morgan fingerprint density at radius 1 is 1.11 bits per heavy atom. The second-order valence-electron chi connectivity index (χ2n) is 8.50. The summed E-state index contributed by atoms with van der Waals surface area (Å²) in [5.41, 5.74) is 2.42. The van der Waals surface area contributed by atoms with Gasteiger partial charge >= 0.3 is 6.03 Å². The molecule has 1 N–H and O–H groups in total. The van der Waals surface area contributed by atoms with E-state index in [1.807, 2.05) is 48.8 Å². The summed E-state index contributed by atoms with van der Waals surface area (Å²) in [6.45, 7) is 9.15. The van der Waals surface area contributed by atoms with Gasteiger partial charge < -0.3 is 15.1 Å². The molecule has 1 saturated heterocycles. The molecule has 0 radical (unpaired) electrons. The third kappa shape index (κ3) is 3.21. The molecule has 0 spiro atoms. The first-order valence-electron chi connectivity index (χ1n) is 10.5. The SMILES string of the molecule is CCN(CC)C(=O)c1ccc(NC(=O)N2C[C@@H]3[C@@H]4CC[C@@H](C4)[C@@H]3C2)c(C)c1. The van der Waals surface area contributed by atoms with Gasteiger partial charge in [-0.05, 0) is 87.5 Å². The molecule has 146 valence electrons. The molecule has 3 aliphatic rings. The zero-order valence-electron chi connectivity index (χ0n) is 16.7. The molecule has 4 rings (SSSR count). The van der Waals surface area contributed by atoms with Crippen LogP contribution in [0.15, 0.2) is 18.2 Å². The van der Waals surface area contributed by atoms with Crippen molar-refractivity contribution in [2.75, 3.05) is 31.5 Å². The molecule has 3 fully saturated rings. The molecule has 27 heavy (non-hydrogen) atoms. The molecule has 1 heterocycles. The maximum atomic E-state index is 12.8. The predicted octanol–water partition coefficient (Wildman–Crippen LogP) is 3.99. The van der Waals surface area contributed by atoms with E-state index in [0.29, 0.717) is 18.7 Å². The topological polar surface area (TPSA) is 52.7 Å². The van der Waals surface area contributed by atoms with Crippen LogP contribution in [0.25, 0.3) is 0 Å². The Kier molecular flexibility index (Phi) is 4.87. The fourth-order valence-corrected chi connectivity index (χ4v) is 5.67. The number of rotatable bonds is 4. The third-order valence-corrected chi connectivity index (χ3v) is 7.19. The Morgan fingerprint density at radius 2 is 1.74 bits per heavy atom. The molecule has 2 saturated carbocycles. The number of fused-ring (bicyclic) bond motifs is 5. The van der Waals surface area contributed by atoms with Gasteiger partial charge in [-0.1, -0.05) is 0 Å². The fourth-order valence-electron chi connectivity index (χ4n) is 5.67. The third-order valence-electron chi connectivity index (χ3n) is 7.19. The molecule has 5 heteroatoms. The molecule has 0 aromatic heterocycles. The zero-order valence-corrected chi connectivity index (χ0v) is 16.7. The van der Waals surface area contributed by atoms with E-state index in [9.17, 15) is 9.59 Å². The Balaban J connectivity index is 1.41. The summed E-state index contributed by atoms with van der Waals surface area (Å²) in [6.07, 6.45) is 4.12. The summed E-state index contributed by atoms with van der Waals surface area (Å²) in [4.78, 5) is 29.1. The normalized spacial score (nSPS) is 28.3. The van der Waals surface area contributed by atoms with Crippen molar-refractivity contribution < 1.29 is 9.59 Å². The highest BCUT2D eigenvalue weighted by Gasteiger charge is 2.52. The summed E-state index contributed by atoms with van der Waals surface area (Å²) in [5.74, 6) is 3.20. The van der Waals surface area contributed by atoms with Crippen molar-refractivity contribution in [2.24, 2.45) is 23.7 Å². The largest absolute Gasteiger partial charge is 0.339 e. The van der Waals surface area contributed by atoms with Gasteiger partial charge in [0.05, 0.1) is 0 Å². The number of likely N-dealkylation sites (tertiary alicyclic amines) is 1. The first-order valence-corrected chi connectivity index (χ1v) is 10.5. The van der Waals surface area contributed by atoms with E-state index in [0.717, 1.165) is 48.0 Å². The zero-order chi connectivity index (χ0) is 19.1. The lowest BCUT2D eigenvalue weighted by Gasteiger charge is -2.22. The van der Waals surface area contributed by atoms with Crippen LogP contribution < -0.4 is 5.32 Å². The lowest BCUT2D eigenvalue weighted by molar-refractivity contribution is 0.0773. The molecule has 1 aliphatic heterocycles. The van der Waals surface area contributed by atoms with Crippen LogP contribution in [0.1, 0.15) is 49.0 Å². The lowest BCUT2D eigenvalue weighted by atomic mass is 9.82. The quantitative estimate of drug-likeness (QED) is 0.872. The summed E-state index contributed by atoms with van der Waals surface area (Å²) in [6, 6.07) is 5.58. The molecular weight excluding hydrogens is 338 g/mol. The number of carbonyl (C=O) groups excluding carboxylic acids is 2. The van der Waals surface area contributed by atoms with Crippen LogP contribution in [0.5, 0.6) is 0 Å². The molecule has 2 bridgehead atoms. The van der Waals surface area contributed by atoms with Crippen LogP contribution in [-0.4, -0.2) is 47.9 Å². The molecular formula is C22H31N3O2. The summed E-state index contributed by atoms with van der Waals surface area (Å²) >= 11 is 0. The first-order chi connectivity index (χ1) is 13.0. The van der Waals surface area contributed by atoms with Gasteiger partial charge in [-0.15, -0.1) is 0 Å². The molecule has 5 nitrogen and oxygen atoms in total. The van der Waals surface area contributed by atoms with Gasteiger partial charge in [-0.3, -0.25) is 4.79 Å². The Labute approximate surface area is 162 Å². The number of hydrogen-bond donors (Lipinski definition) is 1. The molecule has 1 aromatic carbocycles. The number of carbonyl (C=O) groups is 2. The van der Waals surface area contributed by atoms with E-state index >= 15 is 0 Å². The average molecular weight is 370 g/mol. The second kappa shape index (κ2) is 7.17.